The Morgan fingerprint density at radius 1 is 0.933 bits per heavy atom. The third-order valence-electron chi connectivity index (χ3n) is 4.98. The minimum Gasteiger partial charge on any atom is -0.436 e. The van der Waals surface area contributed by atoms with E-state index in [1.807, 2.05) is 30.3 Å². The van der Waals surface area contributed by atoms with E-state index in [1.165, 1.54) is 23.1 Å². The number of carbonyl (C=O) groups is 2. The monoisotopic (exact) mass is 399 g/mol. The van der Waals surface area contributed by atoms with Crippen LogP contribution < -0.4 is 0 Å². The van der Waals surface area contributed by atoms with Gasteiger partial charge in [-0.05, 0) is 29.8 Å². The summed E-state index contributed by atoms with van der Waals surface area (Å²) in [5.41, 5.74) is 2.61. The fraction of sp³-hybridized carbons (Fsp3) is 0.0455. The number of imide groups is 1. The molecule has 0 atom stereocenters. The van der Waals surface area contributed by atoms with Crippen molar-refractivity contribution in [3.8, 4) is 11.5 Å². The first-order chi connectivity index (χ1) is 14.5. The number of amides is 2. The Hall–Kier alpha value is -4.33. The number of aromatic nitrogens is 1. The molecule has 1 aliphatic heterocycles. The number of nitro groups is 1. The molecule has 3 aromatic carbocycles. The Labute approximate surface area is 169 Å². The molecule has 146 valence electrons. The van der Waals surface area contributed by atoms with Gasteiger partial charge in [0.2, 0.25) is 5.89 Å². The summed E-state index contributed by atoms with van der Waals surface area (Å²) in [4.78, 5) is 41.5. The zero-order chi connectivity index (χ0) is 20.8. The van der Waals surface area contributed by atoms with Crippen molar-refractivity contribution in [2.75, 3.05) is 0 Å². The number of carbonyl (C=O) groups excluding carboxylic acids is 2. The van der Waals surface area contributed by atoms with Crippen LogP contribution in [0.15, 0.2) is 71.1 Å². The highest BCUT2D eigenvalue weighted by molar-refractivity contribution is 6.21. The summed E-state index contributed by atoms with van der Waals surface area (Å²) in [6.07, 6.45) is 0. The topological polar surface area (TPSA) is 107 Å². The van der Waals surface area contributed by atoms with E-state index in [-0.39, 0.29) is 35.5 Å². The van der Waals surface area contributed by atoms with E-state index < -0.39 is 4.92 Å². The number of non-ortho nitro benzene ring substituents is 1. The Bertz CT molecular complexity index is 1340. The average molecular weight is 399 g/mol. The fourth-order valence-corrected chi connectivity index (χ4v) is 3.49. The van der Waals surface area contributed by atoms with Crippen LogP contribution in [-0.2, 0) is 6.54 Å². The Morgan fingerprint density at radius 2 is 1.70 bits per heavy atom. The molecule has 1 aromatic heterocycles. The van der Waals surface area contributed by atoms with E-state index in [1.54, 1.807) is 18.2 Å². The van der Waals surface area contributed by atoms with Crippen molar-refractivity contribution in [1.82, 2.24) is 9.88 Å². The number of benzene rings is 3. The zero-order valence-corrected chi connectivity index (χ0v) is 15.4. The van der Waals surface area contributed by atoms with Crippen LogP contribution in [0.2, 0.25) is 0 Å². The molecule has 0 aliphatic carbocycles. The normalized spacial score (nSPS) is 13.1. The van der Waals surface area contributed by atoms with Crippen LogP contribution in [0.4, 0.5) is 5.69 Å². The first-order valence-corrected chi connectivity index (χ1v) is 9.11. The number of fused-ring (bicyclic) bond motifs is 2. The summed E-state index contributed by atoms with van der Waals surface area (Å²) in [5, 5.41) is 11.0. The summed E-state index contributed by atoms with van der Waals surface area (Å²) < 4.78 is 5.69. The second-order valence-electron chi connectivity index (χ2n) is 6.87. The Kier molecular flexibility index (Phi) is 3.92. The second kappa shape index (κ2) is 6.63. The number of hydrogen-bond acceptors (Lipinski definition) is 6. The summed E-state index contributed by atoms with van der Waals surface area (Å²) in [6.45, 7) is 0.190. The summed E-state index contributed by atoms with van der Waals surface area (Å²) in [6, 6.07) is 18.2. The molecule has 4 aromatic rings. The highest BCUT2D eigenvalue weighted by Crippen LogP contribution is 2.31. The van der Waals surface area contributed by atoms with E-state index >= 15 is 0 Å². The maximum absolute atomic E-state index is 12.9. The van der Waals surface area contributed by atoms with Crippen LogP contribution >= 0.6 is 0 Å². The number of nitro benzene ring substituents is 1. The van der Waals surface area contributed by atoms with Gasteiger partial charge in [-0.3, -0.25) is 24.6 Å². The molecule has 0 N–H and O–H groups in total. The molecule has 0 bridgehead atoms. The molecule has 8 heteroatoms. The molecule has 5 rings (SSSR count). The van der Waals surface area contributed by atoms with Crippen LogP contribution in [0.25, 0.3) is 22.6 Å². The molecule has 2 amide bonds. The molecule has 1 aliphatic rings. The van der Waals surface area contributed by atoms with Crippen LogP contribution in [0.5, 0.6) is 0 Å². The molecule has 30 heavy (non-hydrogen) atoms. The van der Waals surface area contributed by atoms with Gasteiger partial charge >= 0.3 is 0 Å². The van der Waals surface area contributed by atoms with Gasteiger partial charge in [0.25, 0.3) is 17.5 Å². The van der Waals surface area contributed by atoms with Gasteiger partial charge in [0.1, 0.15) is 5.52 Å². The quantitative estimate of drug-likeness (QED) is 0.289. The van der Waals surface area contributed by atoms with Crippen molar-refractivity contribution in [2.24, 2.45) is 0 Å². The van der Waals surface area contributed by atoms with E-state index in [0.29, 0.717) is 22.2 Å². The van der Waals surface area contributed by atoms with E-state index in [9.17, 15) is 19.7 Å². The van der Waals surface area contributed by atoms with Gasteiger partial charge in [-0.2, -0.15) is 0 Å². The van der Waals surface area contributed by atoms with Crippen LogP contribution in [-0.4, -0.2) is 26.6 Å². The molecule has 0 saturated carbocycles. The molecular weight excluding hydrogens is 386 g/mol. The number of hydrogen-bond donors (Lipinski definition) is 0. The highest BCUT2D eigenvalue weighted by atomic mass is 16.6. The van der Waals surface area contributed by atoms with Crippen molar-refractivity contribution in [3.05, 3.63) is 93.5 Å². The number of rotatable bonds is 4. The van der Waals surface area contributed by atoms with Crippen molar-refractivity contribution >= 4 is 28.6 Å². The van der Waals surface area contributed by atoms with Gasteiger partial charge in [0, 0.05) is 17.7 Å². The molecule has 2 heterocycles. The van der Waals surface area contributed by atoms with Gasteiger partial charge in [-0.25, -0.2) is 4.98 Å². The van der Waals surface area contributed by atoms with Crippen molar-refractivity contribution < 1.29 is 18.9 Å². The molecule has 0 radical (unpaired) electrons. The third kappa shape index (κ3) is 2.82. The third-order valence-corrected chi connectivity index (χ3v) is 4.98. The standard InChI is InChI=1S/C22H13N3O5/c26-21-16-8-6-14(20-23-18-11-15(25(28)29)7-9-19(18)30-20)10-17(16)22(27)24(21)12-13-4-2-1-3-5-13/h1-11H,12H2. The van der Waals surface area contributed by atoms with Crippen molar-refractivity contribution in [1.29, 1.82) is 0 Å². The van der Waals surface area contributed by atoms with Gasteiger partial charge in [0.15, 0.2) is 5.58 Å². The molecule has 8 nitrogen and oxygen atoms in total. The molecule has 0 unspecified atom stereocenters. The lowest BCUT2D eigenvalue weighted by atomic mass is 10.1. The Balaban J connectivity index is 1.50. The first kappa shape index (κ1) is 17.7. The fourth-order valence-electron chi connectivity index (χ4n) is 3.49. The smallest absolute Gasteiger partial charge is 0.271 e. The maximum Gasteiger partial charge on any atom is 0.271 e. The molecular formula is C22H13N3O5. The van der Waals surface area contributed by atoms with E-state index in [2.05, 4.69) is 4.98 Å². The lowest BCUT2D eigenvalue weighted by molar-refractivity contribution is -0.384. The summed E-state index contributed by atoms with van der Waals surface area (Å²) in [7, 11) is 0. The van der Waals surface area contributed by atoms with E-state index in [0.717, 1.165) is 5.56 Å². The minimum absolute atomic E-state index is 0.0892. The van der Waals surface area contributed by atoms with Gasteiger partial charge in [-0.15, -0.1) is 0 Å². The maximum atomic E-state index is 12.9. The molecule has 0 saturated heterocycles. The Morgan fingerprint density at radius 3 is 2.47 bits per heavy atom. The minimum atomic E-state index is -0.505. The highest BCUT2D eigenvalue weighted by Gasteiger charge is 2.36. The summed E-state index contributed by atoms with van der Waals surface area (Å²) >= 11 is 0. The van der Waals surface area contributed by atoms with Crippen LogP contribution in [0.1, 0.15) is 26.3 Å². The van der Waals surface area contributed by atoms with Gasteiger partial charge < -0.3 is 4.42 Å². The predicted octanol–water partition coefficient (Wildman–Crippen LogP) is 4.20. The van der Waals surface area contributed by atoms with Crippen molar-refractivity contribution in [3.63, 3.8) is 0 Å². The zero-order valence-electron chi connectivity index (χ0n) is 15.4. The lowest BCUT2D eigenvalue weighted by Gasteiger charge is -2.13. The van der Waals surface area contributed by atoms with Gasteiger partial charge in [-0.1, -0.05) is 30.3 Å². The largest absolute Gasteiger partial charge is 0.436 e. The average Bonchev–Trinajstić information content (AvgIpc) is 3.29. The molecule has 0 spiro atoms. The van der Waals surface area contributed by atoms with E-state index in [4.69, 9.17) is 4.42 Å². The summed E-state index contributed by atoms with van der Waals surface area (Å²) in [5.74, 6) is -0.513. The SMILES string of the molecule is O=C1c2ccc(-c3nc4cc([N+](=O)[O-])ccc4o3)cc2C(=O)N1Cc1ccccc1. The predicted molar refractivity (Wildman–Crippen MR) is 107 cm³/mol. The van der Waals surface area contributed by atoms with Gasteiger partial charge in [0.05, 0.1) is 22.6 Å². The van der Waals surface area contributed by atoms with Crippen LogP contribution in [0.3, 0.4) is 0 Å². The molecule has 0 fully saturated rings. The van der Waals surface area contributed by atoms with Crippen LogP contribution in [0, 0.1) is 10.1 Å². The number of oxazole rings is 1. The van der Waals surface area contributed by atoms with Crippen molar-refractivity contribution in [2.45, 2.75) is 6.54 Å². The first-order valence-electron chi connectivity index (χ1n) is 9.11. The number of nitrogens with zero attached hydrogens (tertiary/aromatic N) is 3. The second-order valence-corrected chi connectivity index (χ2v) is 6.87. The lowest BCUT2D eigenvalue weighted by Crippen LogP contribution is -2.29.